The van der Waals surface area contributed by atoms with Gasteiger partial charge in [0.2, 0.25) is 0 Å². The number of hydrogen-bond acceptors (Lipinski definition) is 2. The van der Waals surface area contributed by atoms with Crippen LogP contribution in [0.25, 0.3) is 0 Å². The number of para-hydroxylation sites is 2. The summed E-state index contributed by atoms with van der Waals surface area (Å²) >= 11 is 6.14. The highest BCUT2D eigenvalue weighted by molar-refractivity contribution is 6.32. The van der Waals surface area contributed by atoms with Crippen LogP contribution >= 0.6 is 11.6 Å². The molecule has 1 N–H and O–H groups in total. The lowest BCUT2D eigenvalue weighted by molar-refractivity contribution is 0.414. The summed E-state index contributed by atoms with van der Waals surface area (Å²) in [6, 6.07) is 15.5. The van der Waals surface area contributed by atoms with E-state index in [9.17, 15) is 0 Å². The topological polar surface area (TPSA) is 21.3 Å². The van der Waals surface area contributed by atoms with E-state index in [1.807, 2.05) is 42.5 Å². The average Bonchev–Trinajstić information content (AvgIpc) is 2.39. The molecule has 2 aromatic rings. The Balaban J connectivity index is 2.18. The Morgan fingerprint density at radius 3 is 2.20 bits per heavy atom. The zero-order valence-electron chi connectivity index (χ0n) is 12.1. The van der Waals surface area contributed by atoms with Gasteiger partial charge in [0, 0.05) is 17.6 Å². The zero-order valence-corrected chi connectivity index (χ0v) is 12.9. The summed E-state index contributed by atoms with van der Waals surface area (Å²) in [7, 11) is 0. The second kappa shape index (κ2) is 6.29. The minimum Gasteiger partial charge on any atom is -0.455 e. The summed E-state index contributed by atoms with van der Waals surface area (Å²) in [5.74, 6) is 1.51. The van der Waals surface area contributed by atoms with E-state index in [1.54, 1.807) is 0 Å². The molecule has 2 nitrogen and oxygen atoms in total. The highest BCUT2D eigenvalue weighted by Gasteiger charge is 2.11. The number of ether oxygens (including phenoxy) is 1. The minimum absolute atomic E-state index is 0.0670. The van der Waals surface area contributed by atoms with Gasteiger partial charge in [-0.3, -0.25) is 0 Å². The zero-order chi connectivity index (χ0) is 14.6. The molecule has 0 heterocycles. The molecule has 2 aromatic carbocycles. The Morgan fingerprint density at radius 1 is 0.950 bits per heavy atom. The number of nitrogens with one attached hydrogen (secondary N) is 1. The van der Waals surface area contributed by atoms with Crippen LogP contribution in [0.5, 0.6) is 11.5 Å². The fraction of sp³-hybridized carbons (Fsp3) is 0.294. The predicted molar refractivity (Wildman–Crippen MR) is 84.6 cm³/mol. The molecular formula is C17H20ClNO. The van der Waals surface area contributed by atoms with E-state index in [4.69, 9.17) is 16.3 Å². The van der Waals surface area contributed by atoms with Crippen LogP contribution in [-0.4, -0.2) is 5.54 Å². The van der Waals surface area contributed by atoms with E-state index in [0.29, 0.717) is 10.8 Å². The molecule has 0 saturated carbocycles. The molecule has 0 aliphatic heterocycles. The molecule has 0 fully saturated rings. The lowest BCUT2D eigenvalue weighted by Crippen LogP contribution is -2.35. The maximum absolute atomic E-state index is 6.14. The number of benzene rings is 2. The van der Waals surface area contributed by atoms with Crippen LogP contribution in [0, 0.1) is 0 Å². The molecule has 0 spiro atoms. The van der Waals surface area contributed by atoms with Gasteiger partial charge < -0.3 is 10.1 Å². The van der Waals surface area contributed by atoms with E-state index in [0.717, 1.165) is 17.9 Å². The summed E-state index contributed by atoms with van der Waals surface area (Å²) in [5, 5.41) is 4.08. The van der Waals surface area contributed by atoms with Crippen LogP contribution in [0.1, 0.15) is 26.3 Å². The maximum Gasteiger partial charge on any atom is 0.146 e. The van der Waals surface area contributed by atoms with Gasteiger partial charge in [-0.15, -0.1) is 0 Å². The molecule has 3 heteroatoms. The molecule has 0 bridgehead atoms. The highest BCUT2D eigenvalue weighted by atomic mass is 35.5. The standard InChI is InChI=1S/C17H20ClNO/c1-17(2,3)19-12-13-8-4-6-10-15(13)20-16-11-7-5-9-14(16)18/h4-11,19H,12H2,1-3H3. The van der Waals surface area contributed by atoms with Crippen molar-refractivity contribution in [2.24, 2.45) is 0 Å². The molecule has 0 amide bonds. The van der Waals surface area contributed by atoms with Gasteiger partial charge in [-0.25, -0.2) is 0 Å². The smallest absolute Gasteiger partial charge is 0.146 e. The predicted octanol–water partition coefficient (Wildman–Crippen LogP) is 5.02. The van der Waals surface area contributed by atoms with Crippen molar-refractivity contribution in [3.05, 3.63) is 59.1 Å². The lowest BCUT2D eigenvalue weighted by atomic mass is 10.1. The van der Waals surface area contributed by atoms with Crippen LogP contribution < -0.4 is 10.1 Å². The van der Waals surface area contributed by atoms with Gasteiger partial charge in [0.25, 0.3) is 0 Å². The van der Waals surface area contributed by atoms with Gasteiger partial charge in [-0.2, -0.15) is 0 Å². The molecule has 2 rings (SSSR count). The molecule has 20 heavy (non-hydrogen) atoms. The third-order valence-corrected chi connectivity index (χ3v) is 3.15. The Kier molecular flexibility index (Phi) is 4.69. The third-order valence-electron chi connectivity index (χ3n) is 2.84. The monoisotopic (exact) mass is 289 g/mol. The number of hydrogen-bond donors (Lipinski definition) is 1. The summed E-state index contributed by atoms with van der Waals surface area (Å²) < 4.78 is 5.93. The van der Waals surface area contributed by atoms with Crippen LogP contribution in [0.4, 0.5) is 0 Å². The summed E-state index contributed by atoms with van der Waals surface area (Å²) in [5.41, 5.74) is 1.18. The fourth-order valence-corrected chi connectivity index (χ4v) is 1.93. The first-order valence-corrected chi connectivity index (χ1v) is 7.09. The first kappa shape index (κ1) is 14.9. The van der Waals surface area contributed by atoms with Gasteiger partial charge >= 0.3 is 0 Å². The lowest BCUT2D eigenvalue weighted by Gasteiger charge is -2.21. The normalized spacial score (nSPS) is 11.4. The SMILES string of the molecule is CC(C)(C)NCc1ccccc1Oc1ccccc1Cl. The van der Waals surface area contributed by atoms with Gasteiger partial charge in [0.05, 0.1) is 5.02 Å². The number of rotatable bonds is 4. The first-order valence-electron chi connectivity index (χ1n) is 6.71. The van der Waals surface area contributed by atoms with E-state index in [1.165, 1.54) is 0 Å². The Labute approximate surface area is 125 Å². The van der Waals surface area contributed by atoms with E-state index in [2.05, 4.69) is 32.2 Å². The van der Waals surface area contributed by atoms with Crippen molar-refractivity contribution in [2.45, 2.75) is 32.9 Å². The first-order chi connectivity index (χ1) is 9.46. The van der Waals surface area contributed by atoms with Gasteiger partial charge in [0.1, 0.15) is 11.5 Å². The van der Waals surface area contributed by atoms with Gasteiger partial charge in [-0.05, 0) is 39.0 Å². The van der Waals surface area contributed by atoms with Crippen molar-refractivity contribution in [3.63, 3.8) is 0 Å². The summed E-state index contributed by atoms with van der Waals surface area (Å²) in [4.78, 5) is 0. The van der Waals surface area contributed by atoms with Crippen LogP contribution in [-0.2, 0) is 6.54 Å². The molecule has 106 valence electrons. The Hall–Kier alpha value is -1.51. The van der Waals surface area contributed by atoms with Crippen molar-refractivity contribution in [1.29, 1.82) is 0 Å². The molecule has 0 aliphatic rings. The molecule has 0 aliphatic carbocycles. The van der Waals surface area contributed by atoms with Gasteiger partial charge in [0.15, 0.2) is 0 Å². The van der Waals surface area contributed by atoms with Crippen LogP contribution in [0.15, 0.2) is 48.5 Å². The van der Waals surface area contributed by atoms with Crippen molar-refractivity contribution in [3.8, 4) is 11.5 Å². The van der Waals surface area contributed by atoms with Crippen molar-refractivity contribution in [1.82, 2.24) is 5.32 Å². The second-order valence-electron chi connectivity index (χ2n) is 5.74. The van der Waals surface area contributed by atoms with Crippen molar-refractivity contribution in [2.75, 3.05) is 0 Å². The quantitative estimate of drug-likeness (QED) is 0.853. The molecular weight excluding hydrogens is 270 g/mol. The van der Waals surface area contributed by atoms with Crippen molar-refractivity contribution >= 4 is 11.6 Å². The second-order valence-corrected chi connectivity index (χ2v) is 6.15. The Morgan fingerprint density at radius 2 is 1.55 bits per heavy atom. The molecule has 0 aromatic heterocycles. The molecule has 0 unspecified atom stereocenters. The summed E-state index contributed by atoms with van der Waals surface area (Å²) in [6.45, 7) is 7.18. The fourth-order valence-electron chi connectivity index (χ4n) is 1.76. The largest absolute Gasteiger partial charge is 0.455 e. The third kappa shape index (κ3) is 4.26. The highest BCUT2D eigenvalue weighted by Crippen LogP contribution is 2.30. The maximum atomic E-state index is 6.14. The minimum atomic E-state index is 0.0670. The van der Waals surface area contributed by atoms with E-state index in [-0.39, 0.29) is 5.54 Å². The van der Waals surface area contributed by atoms with Crippen molar-refractivity contribution < 1.29 is 4.74 Å². The average molecular weight is 290 g/mol. The summed E-state index contributed by atoms with van der Waals surface area (Å²) in [6.07, 6.45) is 0. The number of halogens is 1. The van der Waals surface area contributed by atoms with Gasteiger partial charge in [-0.1, -0.05) is 41.9 Å². The van der Waals surface area contributed by atoms with E-state index < -0.39 is 0 Å². The molecule has 0 atom stereocenters. The van der Waals surface area contributed by atoms with E-state index >= 15 is 0 Å². The Bertz CT molecular complexity index is 575. The molecule has 0 saturated heterocycles. The van der Waals surface area contributed by atoms with Crippen LogP contribution in [0.2, 0.25) is 5.02 Å². The van der Waals surface area contributed by atoms with Crippen LogP contribution in [0.3, 0.4) is 0 Å². The molecule has 0 radical (unpaired) electrons.